The number of aryl methyl sites for hydroxylation is 1. The molecule has 1 aromatic carbocycles. The molecule has 2 rings (SSSR count). The van der Waals surface area contributed by atoms with E-state index in [1.807, 2.05) is 25.1 Å². The molecule has 0 amide bonds. The molecular weight excluding hydrogens is 276 g/mol. The van der Waals surface area contributed by atoms with E-state index in [0.29, 0.717) is 0 Å². The van der Waals surface area contributed by atoms with E-state index in [9.17, 15) is 0 Å². The fraction of sp³-hybridized carbons (Fsp3) is 0.267. The molecule has 1 heterocycles. The highest BCUT2D eigenvalue weighted by atomic mass is 35.5. The number of nitrogens with zero attached hydrogens (tertiary/aromatic N) is 1. The first-order valence-electron chi connectivity index (χ1n) is 6.23. The van der Waals surface area contributed by atoms with E-state index < -0.39 is 0 Å². The Bertz CT molecular complexity index is 563. The normalized spacial score (nSPS) is 10.6. The lowest BCUT2D eigenvalue weighted by Crippen LogP contribution is -2.16. The molecule has 0 aliphatic carbocycles. The zero-order valence-corrected chi connectivity index (χ0v) is 12.5. The van der Waals surface area contributed by atoms with Gasteiger partial charge < -0.3 is 5.32 Å². The fourth-order valence-corrected chi connectivity index (χ4v) is 2.69. The van der Waals surface area contributed by atoms with Crippen molar-refractivity contribution in [1.29, 1.82) is 0 Å². The molecule has 0 saturated heterocycles. The third kappa shape index (κ3) is 3.90. The highest BCUT2D eigenvalue weighted by molar-refractivity contribution is 7.09. The van der Waals surface area contributed by atoms with Gasteiger partial charge in [-0.15, -0.1) is 17.9 Å². The molecule has 0 fully saturated rings. The summed E-state index contributed by atoms with van der Waals surface area (Å²) >= 11 is 7.74. The van der Waals surface area contributed by atoms with Crippen molar-refractivity contribution in [3.63, 3.8) is 0 Å². The molecule has 2 aromatic rings. The van der Waals surface area contributed by atoms with E-state index in [4.69, 9.17) is 11.6 Å². The summed E-state index contributed by atoms with van der Waals surface area (Å²) in [5, 5.41) is 7.33. The molecule has 1 N–H and O–H groups in total. The van der Waals surface area contributed by atoms with Crippen LogP contribution < -0.4 is 5.32 Å². The Balaban J connectivity index is 2.03. The third-order valence-electron chi connectivity index (χ3n) is 2.81. The van der Waals surface area contributed by atoms with Gasteiger partial charge in [-0.3, -0.25) is 0 Å². The lowest BCUT2D eigenvalue weighted by Gasteiger charge is -2.01. The molecule has 0 radical (unpaired) electrons. The zero-order valence-electron chi connectivity index (χ0n) is 10.9. The summed E-state index contributed by atoms with van der Waals surface area (Å²) in [6.45, 7) is 7.46. The number of hydrogen-bond acceptors (Lipinski definition) is 3. The van der Waals surface area contributed by atoms with Crippen molar-refractivity contribution in [1.82, 2.24) is 10.3 Å². The third-order valence-corrected chi connectivity index (χ3v) is 4.14. The van der Waals surface area contributed by atoms with Crippen molar-refractivity contribution in [2.45, 2.75) is 13.3 Å². The fourth-order valence-electron chi connectivity index (χ4n) is 1.76. The minimum Gasteiger partial charge on any atom is -0.313 e. The molecule has 19 heavy (non-hydrogen) atoms. The Morgan fingerprint density at radius 2 is 2.32 bits per heavy atom. The van der Waals surface area contributed by atoms with Gasteiger partial charge >= 0.3 is 0 Å². The van der Waals surface area contributed by atoms with Gasteiger partial charge in [-0.05, 0) is 24.6 Å². The lowest BCUT2D eigenvalue weighted by molar-refractivity contribution is 0.742. The van der Waals surface area contributed by atoms with Gasteiger partial charge in [0.2, 0.25) is 0 Å². The summed E-state index contributed by atoms with van der Waals surface area (Å²) in [4.78, 5) is 4.66. The number of nitrogens with one attached hydrogen (secondary N) is 1. The van der Waals surface area contributed by atoms with Gasteiger partial charge in [-0.2, -0.15) is 0 Å². The van der Waals surface area contributed by atoms with Crippen LogP contribution in [0.1, 0.15) is 10.6 Å². The highest BCUT2D eigenvalue weighted by Gasteiger charge is 2.05. The predicted molar refractivity (Wildman–Crippen MR) is 84.1 cm³/mol. The van der Waals surface area contributed by atoms with E-state index in [-0.39, 0.29) is 0 Å². The molecule has 0 aliphatic heterocycles. The first-order valence-corrected chi connectivity index (χ1v) is 7.49. The van der Waals surface area contributed by atoms with Crippen molar-refractivity contribution < 1.29 is 0 Å². The van der Waals surface area contributed by atoms with Crippen LogP contribution in [0.15, 0.2) is 36.2 Å². The predicted octanol–water partition coefficient (Wildman–Crippen LogP) is 4.09. The van der Waals surface area contributed by atoms with Crippen molar-refractivity contribution in [2.24, 2.45) is 0 Å². The molecule has 0 bridgehead atoms. The molecule has 100 valence electrons. The van der Waals surface area contributed by atoms with Gasteiger partial charge in [0, 0.05) is 35.5 Å². The number of thiazole rings is 1. The van der Waals surface area contributed by atoms with E-state index >= 15 is 0 Å². The van der Waals surface area contributed by atoms with E-state index in [2.05, 4.69) is 28.3 Å². The SMILES string of the molecule is C=CCNCCc1nc(-c2ccc(Cl)c(C)c2)cs1. The number of hydrogen-bond donors (Lipinski definition) is 1. The average Bonchev–Trinajstić information content (AvgIpc) is 2.87. The standard InChI is InChI=1S/C15H17ClN2S/c1-3-7-17-8-6-15-18-14(10-19-15)12-4-5-13(16)11(2)9-12/h3-5,9-10,17H,1,6-8H2,2H3. The van der Waals surface area contributed by atoms with Crippen LogP contribution in [-0.4, -0.2) is 18.1 Å². The molecular formula is C15H17ClN2S. The Morgan fingerprint density at radius 3 is 3.05 bits per heavy atom. The van der Waals surface area contributed by atoms with Crippen LogP contribution in [0.4, 0.5) is 0 Å². The van der Waals surface area contributed by atoms with Gasteiger partial charge in [0.05, 0.1) is 10.7 Å². The van der Waals surface area contributed by atoms with Crippen LogP contribution in [0, 0.1) is 6.92 Å². The zero-order chi connectivity index (χ0) is 13.7. The van der Waals surface area contributed by atoms with Crippen molar-refractivity contribution >= 4 is 22.9 Å². The smallest absolute Gasteiger partial charge is 0.0945 e. The number of aromatic nitrogens is 1. The van der Waals surface area contributed by atoms with Crippen LogP contribution >= 0.6 is 22.9 Å². The molecule has 0 aliphatic rings. The maximum absolute atomic E-state index is 6.04. The first kappa shape index (κ1) is 14.3. The number of rotatable bonds is 6. The monoisotopic (exact) mass is 292 g/mol. The van der Waals surface area contributed by atoms with Gasteiger partial charge in [-0.1, -0.05) is 23.7 Å². The van der Waals surface area contributed by atoms with E-state index in [1.165, 1.54) is 0 Å². The molecule has 0 atom stereocenters. The second kappa shape index (κ2) is 6.85. The Kier molecular flexibility index (Phi) is 5.14. The maximum Gasteiger partial charge on any atom is 0.0945 e. The minimum atomic E-state index is 0.799. The number of halogens is 1. The van der Waals surface area contributed by atoms with Crippen LogP contribution in [0.25, 0.3) is 11.3 Å². The average molecular weight is 293 g/mol. The molecule has 0 saturated carbocycles. The van der Waals surface area contributed by atoms with E-state index in [1.54, 1.807) is 11.3 Å². The molecule has 0 unspecified atom stereocenters. The summed E-state index contributed by atoms with van der Waals surface area (Å²) in [7, 11) is 0. The van der Waals surface area contributed by atoms with E-state index in [0.717, 1.165) is 46.4 Å². The Labute approximate surface area is 123 Å². The number of benzene rings is 1. The van der Waals surface area contributed by atoms with Crippen LogP contribution in [0.2, 0.25) is 5.02 Å². The van der Waals surface area contributed by atoms with Crippen LogP contribution in [0.3, 0.4) is 0 Å². The largest absolute Gasteiger partial charge is 0.313 e. The molecule has 2 nitrogen and oxygen atoms in total. The molecule has 4 heteroatoms. The Morgan fingerprint density at radius 1 is 1.47 bits per heavy atom. The van der Waals surface area contributed by atoms with Crippen LogP contribution in [-0.2, 0) is 6.42 Å². The molecule has 1 aromatic heterocycles. The van der Waals surface area contributed by atoms with Crippen LogP contribution in [0.5, 0.6) is 0 Å². The van der Waals surface area contributed by atoms with Gasteiger partial charge in [0.15, 0.2) is 0 Å². The second-order valence-corrected chi connectivity index (χ2v) is 5.68. The molecule has 0 spiro atoms. The first-order chi connectivity index (χ1) is 9.20. The highest BCUT2D eigenvalue weighted by Crippen LogP contribution is 2.26. The summed E-state index contributed by atoms with van der Waals surface area (Å²) < 4.78 is 0. The Hall–Kier alpha value is -1.16. The summed E-state index contributed by atoms with van der Waals surface area (Å²) in [6, 6.07) is 6.03. The van der Waals surface area contributed by atoms with Gasteiger partial charge in [-0.25, -0.2) is 4.98 Å². The van der Waals surface area contributed by atoms with Crippen molar-refractivity contribution in [2.75, 3.05) is 13.1 Å². The quantitative estimate of drug-likeness (QED) is 0.641. The van der Waals surface area contributed by atoms with Gasteiger partial charge in [0.1, 0.15) is 0 Å². The van der Waals surface area contributed by atoms with Crippen molar-refractivity contribution in [3.05, 3.63) is 51.8 Å². The summed E-state index contributed by atoms with van der Waals surface area (Å²) in [6.07, 6.45) is 2.81. The topological polar surface area (TPSA) is 24.9 Å². The van der Waals surface area contributed by atoms with Gasteiger partial charge in [0.25, 0.3) is 0 Å². The second-order valence-electron chi connectivity index (χ2n) is 4.33. The lowest BCUT2D eigenvalue weighted by atomic mass is 10.1. The van der Waals surface area contributed by atoms with Crippen molar-refractivity contribution in [3.8, 4) is 11.3 Å². The minimum absolute atomic E-state index is 0.799. The summed E-state index contributed by atoms with van der Waals surface area (Å²) in [5.41, 5.74) is 3.24. The summed E-state index contributed by atoms with van der Waals surface area (Å²) in [5.74, 6) is 0. The maximum atomic E-state index is 6.04.